The van der Waals surface area contributed by atoms with Crippen molar-refractivity contribution in [3.63, 3.8) is 0 Å². The summed E-state index contributed by atoms with van der Waals surface area (Å²) in [5.41, 5.74) is 18.8. The van der Waals surface area contributed by atoms with Gasteiger partial charge in [-0.05, 0) is 152 Å². The van der Waals surface area contributed by atoms with E-state index in [1.807, 2.05) is 18.5 Å². The summed E-state index contributed by atoms with van der Waals surface area (Å²) in [4.78, 5) is 9.05. The molecule has 0 spiro atoms. The molecule has 0 N–H and O–H groups in total. The third-order valence-corrected chi connectivity index (χ3v) is 12.7. The molecule has 1 aromatic heterocycles. The Bertz CT molecular complexity index is 3180. The van der Waals surface area contributed by atoms with E-state index in [0.717, 1.165) is 45.3 Å². The SMILES string of the molecule is CC1(C)c2cc(-c3ccc(N(c4ccccc4)c4cccc(-c5cccnc5)c4)cc3)cc(-c3ccc(N(c4ccccc4)c4ccccc4)cc3)c2-c2c1ccc1ccccc21. The summed E-state index contributed by atoms with van der Waals surface area (Å²) in [5, 5.41) is 2.56. The molecule has 1 aliphatic carbocycles. The third kappa shape index (κ3) is 6.85. The Balaban J connectivity index is 1.05. The second-order valence-electron chi connectivity index (χ2n) is 16.8. The van der Waals surface area contributed by atoms with E-state index in [4.69, 9.17) is 0 Å². The van der Waals surface area contributed by atoms with Gasteiger partial charge in [-0.25, -0.2) is 0 Å². The Kier molecular flexibility index (Phi) is 9.51. The molecule has 0 bridgehead atoms. The van der Waals surface area contributed by atoms with E-state index in [1.165, 1.54) is 55.3 Å². The standard InChI is InChI=1S/C60H45N3/c1-60(2)56-36-31-43-16-12-13-26-54(43)58(56)59-55(44-29-34-51(35-30-44)62(48-19-6-3-7-20-48)49-21-8-4-9-22-49)39-47(40-57(59)60)42-27-32-52(33-28-42)63(50-23-10-5-11-24-50)53-25-14-17-45(38-53)46-18-15-37-61-41-46/h3-41H,1-2H3. The Morgan fingerprint density at radius 3 is 1.51 bits per heavy atom. The molecule has 1 heterocycles. The van der Waals surface area contributed by atoms with Crippen molar-refractivity contribution in [2.75, 3.05) is 9.80 Å². The summed E-state index contributed by atoms with van der Waals surface area (Å²) >= 11 is 0. The molecule has 3 nitrogen and oxygen atoms in total. The first-order chi connectivity index (χ1) is 31.0. The van der Waals surface area contributed by atoms with E-state index in [0.29, 0.717) is 0 Å². The van der Waals surface area contributed by atoms with Crippen LogP contribution in [0.25, 0.3) is 55.3 Å². The number of hydrogen-bond acceptors (Lipinski definition) is 3. The van der Waals surface area contributed by atoms with Gasteiger partial charge < -0.3 is 9.80 Å². The molecule has 0 fully saturated rings. The maximum Gasteiger partial charge on any atom is 0.0467 e. The zero-order valence-electron chi connectivity index (χ0n) is 35.4. The van der Waals surface area contributed by atoms with Gasteiger partial charge in [0, 0.05) is 57.5 Å². The van der Waals surface area contributed by atoms with Crippen LogP contribution in [0.5, 0.6) is 0 Å². The number of pyridine rings is 1. The van der Waals surface area contributed by atoms with Gasteiger partial charge in [0.15, 0.2) is 0 Å². The van der Waals surface area contributed by atoms with E-state index >= 15 is 0 Å². The zero-order chi connectivity index (χ0) is 42.3. The van der Waals surface area contributed by atoms with Crippen molar-refractivity contribution in [1.29, 1.82) is 0 Å². The highest BCUT2D eigenvalue weighted by Gasteiger charge is 2.38. The number of rotatable bonds is 9. The Morgan fingerprint density at radius 2 is 0.889 bits per heavy atom. The van der Waals surface area contributed by atoms with Crippen LogP contribution in [-0.4, -0.2) is 4.98 Å². The van der Waals surface area contributed by atoms with E-state index in [2.05, 4.69) is 247 Å². The van der Waals surface area contributed by atoms with Crippen molar-refractivity contribution in [3.05, 3.63) is 248 Å². The first-order valence-electron chi connectivity index (χ1n) is 21.7. The van der Waals surface area contributed by atoms with Gasteiger partial charge in [0.1, 0.15) is 0 Å². The third-order valence-electron chi connectivity index (χ3n) is 12.7. The molecule has 0 unspecified atom stereocenters. The average Bonchev–Trinajstić information content (AvgIpc) is 3.59. The molecule has 3 heteroatoms. The number of benzene rings is 9. The van der Waals surface area contributed by atoms with Gasteiger partial charge in [0.2, 0.25) is 0 Å². The summed E-state index contributed by atoms with van der Waals surface area (Å²) < 4.78 is 0. The van der Waals surface area contributed by atoms with Crippen LogP contribution in [0.1, 0.15) is 25.0 Å². The van der Waals surface area contributed by atoms with Crippen molar-refractivity contribution in [2.24, 2.45) is 0 Å². The molecule has 300 valence electrons. The second-order valence-corrected chi connectivity index (χ2v) is 16.8. The Labute approximate surface area is 369 Å². The number of para-hydroxylation sites is 3. The number of fused-ring (bicyclic) bond motifs is 5. The highest BCUT2D eigenvalue weighted by Crippen LogP contribution is 2.56. The van der Waals surface area contributed by atoms with Gasteiger partial charge in [-0.3, -0.25) is 4.98 Å². The van der Waals surface area contributed by atoms with Gasteiger partial charge >= 0.3 is 0 Å². The van der Waals surface area contributed by atoms with Crippen molar-refractivity contribution in [1.82, 2.24) is 4.98 Å². The summed E-state index contributed by atoms with van der Waals surface area (Å²) in [6.07, 6.45) is 3.74. The smallest absolute Gasteiger partial charge is 0.0467 e. The van der Waals surface area contributed by atoms with E-state index in [1.54, 1.807) is 0 Å². The molecule has 0 amide bonds. The summed E-state index contributed by atoms with van der Waals surface area (Å²) in [6, 6.07) is 81.3. The number of aromatic nitrogens is 1. The monoisotopic (exact) mass is 807 g/mol. The lowest BCUT2D eigenvalue weighted by Gasteiger charge is -2.26. The Morgan fingerprint density at radius 1 is 0.349 bits per heavy atom. The van der Waals surface area contributed by atoms with Gasteiger partial charge in [-0.15, -0.1) is 0 Å². The fourth-order valence-corrected chi connectivity index (χ4v) is 9.58. The quantitative estimate of drug-likeness (QED) is 0.145. The van der Waals surface area contributed by atoms with Crippen LogP contribution >= 0.6 is 0 Å². The minimum absolute atomic E-state index is 0.208. The van der Waals surface area contributed by atoms with Gasteiger partial charge in [0.25, 0.3) is 0 Å². The van der Waals surface area contributed by atoms with Gasteiger partial charge in [-0.1, -0.05) is 147 Å². The summed E-state index contributed by atoms with van der Waals surface area (Å²) in [6.45, 7) is 4.78. The molecule has 0 radical (unpaired) electrons. The fraction of sp³-hybridized carbons (Fsp3) is 0.0500. The maximum absolute atomic E-state index is 4.39. The topological polar surface area (TPSA) is 19.4 Å². The average molecular weight is 808 g/mol. The Hall–Kier alpha value is -8.01. The molecular weight excluding hydrogens is 763 g/mol. The van der Waals surface area contributed by atoms with E-state index < -0.39 is 0 Å². The van der Waals surface area contributed by atoms with Crippen LogP contribution in [0.3, 0.4) is 0 Å². The van der Waals surface area contributed by atoms with Crippen LogP contribution in [0.2, 0.25) is 0 Å². The fourth-order valence-electron chi connectivity index (χ4n) is 9.58. The van der Waals surface area contributed by atoms with E-state index in [-0.39, 0.29) is 5.41 Å². The molecule has 0 saturated heterocycles. The van der Waals surface area contributed by atoms with Crippen LogP contribution in [-0.2, 0) is 5.41 Å². The lowest BCUT2D eigenvalue weighted by atomic mass is 9.80. The highest BCUT2D eigenvalue weighted by atomic mass is 15.1. The lowest BCUT2D eigenvalue weighted by molar-refractivity contribution is 0.661. The largest absolute Gasteiger partial charge is 0.311 e. The molecular formula is C60H45N3. The number of anilines is 6. The maximum atomic E-state index is 4.39. The predicted octanol–water partition coefficient (Wildman–Crippen LogP) is 16.5. The van der Waals surface area contributed by atoms with Gasteiger partial charge in [0.05, 0.1) is 0 Å². The molecule has 0 atom stereocenters. The van der Waals surface area contributed by atoms with Crippen LogP contribution in [0.4, 0.5) is 34.1 Å². The minimum Gasteiger partial charge on any atom is -0.311 e. The number of nitrogens with zero attached hydrogens (tertiary/aromatic N) is 3. The first-order valence-corrected chi connectivity index (χ1v) is 21.7. The summed E-state index contributed by atoms with van der Waals surface area (Å²) in [5.74, 6) is 0. The van der Waals surface area contributed by atoms with Crippen molar-refractivity contribution in [2.45, 2.75) is 19.3 Å². The van der Waals surface area contributed by atoms with Crippen LogP contribution in [0, 0.1) is 0 Å². The molecule has 9 aromatic carbocycles. The van der Waals surface area contributed by atoms with E-state index in [9.17, 15) is 0 Å². The molecule has 0 aliphatic heterocycles. The minimum atomic E-state index is -0.208. The predicted molar refractivity (Wildman–Crippen MR) is 265 cm³/mol. The summed E-state index contributed by atoms with van der Waals surface area (Å²) in [7, 11) is 0. The number of hydrogen-bond donors (Lipinski definition) is 0. The van der Waals surface area contributed by atoms with Crippen molar-refractivity contribution < 1.29 is 0 Å². The van der Waals surface area contributed by atoms with Crippen molar-refractivity contribution >= 4 is 44.9 Å². The zero-order valence-corrected chi connectivity index (χ0v) is 35.4. The van der Waals surface area contributed by atoms with Crippen LogP contribution < -0.4 is 9.80 Å². The highest BCUT2D eigenvalue weighted by molar-refractivity contribution is 6.07. The molecule has 63 heavy (non-hydrogen) atoms. The van der Waals surface area contributed by atoms with Crippen molar-refractivity contribution in [3.8, 4) is 44.5 Å². The van der Waals surface area contributed by atoms with Gasteiger partial charge in [-0.2, -0.15) is 0 Å². The molecule has 1 aliphatic rings. The first kappa shape index (κ1) is 38.0. The molecule has 11 rings (SSSR count). The lowest BCUT2D eigenvalue weighted by Crippen LogP contribution is -2.15. The normalized spacial score (nSPS) is 12.4. The second kappa shape index (κ2) is 15.8. The molecule has 10 aromatic rings. The molecule has 0 saturated carbocycles. The van der Waals surface area contributed by atoms with Crippen LogP contribution in [0.15, 0.2) is 237 Å².